The predicted molar refractivity (Wildman–Crippen MR) is 85.3 cm³/mol. The number of hydrogen-bond acceptors (Lipinski definition) is 3. The number of rotatable bonds is 2. The van der Waals surface area contributed by atoms with E-state index in [0.29, 0.717) is 11.8 Å². The molecule has 0 N–H and O–H groups in total. The first-order valence-corrected chi connectivity index (χ1v) is 8.32. The molecule has 23 heavy (non-hydrogen) atoms. The monoisotopic (exact) mass is 306 g/mol. The maximum atomic E-state index is 12.7. The number of nitrogens with zero attached hydrogens (tertiary/aromatic N) is 2. The molecule has 1 aromatic carbocycles. The highest BCUT2D eigenvalue weighted by Gasteiger charge is 2.67. The van der Waals surface area contributed by atoms with Gasteiger partial charge >= 0.3 is 0 Å². The second kappa shape index (κ2) is 4.40. The van der Waals surface area contributed by atoms with Crippen LogP contribution in [-0.4, -0.2) is 23.0 Å². The van der Waals surface area contributed by atoms with Gasteiger partial charge in [-0.2, -0.15) is 10.1 Å². The van der Waals surface area contributed by atoms with Crippen LogP contribution in [0, 0.1) is 42.4 Å². The van der Waals surface area contributed by atoms with Crippen molar-refractivity contribution in [2.45, 2.75) is 13.3 Å². The van der Waals surface area contributed by atoms with Gasteiger partial charge in [-0.25, -0.2) is 0 Å². The maximum Gasteiger partial charge on any atom is 0.254 e. The van der Waals surface area contributed by atoms with Gasteiger partial charge in [-0.1, -0.05) is 42.0 Å². The van der Waals surface area contributed by atoms with E-state index in [0.717, 1.165) is 10.6 Å². The standard InChI is InChI=1S/C19H18N2O2/c1-10-2-4-11(5-3-10)9-20-21-18(22)16-12-6-7-13(15-8-14(12)15)17(16)19(21)23/h2-7,9,12-17H,8H2,1H3/b20-9-/t12-,13-,14-,15+,16+,17-/m1/s1. The summed E-state index contributed by atoms with van der Waals surface area (Å²) in [6.07, 6.45) is 7.15. The van der Waals surface area contributed by atoms with Crippen LogP contribution in [0.3, 0.4) is 0 Å². The summed E-state index contributed by atoms with van der Waals surface area (Å²) in [7, 11) is 0. The fraction of sp³-hybridized carbons (Fsp3) is 0.421. The number of aryl methyl sites for hydroxylation is 1. The van der Waals surface area contributed by atoms with Crippen LogP contribution in [0.2, 0.25) is 0 Å². The third kappa shape index (κ3) is 1.75. The Kier molecular flexibility index (Phi) is 2.53. The molecule has 1 heterocycles. The lowest BCUT2D eigenvalue weighted by Crippen LogP contribution is -2.40. The highest BCUT2D eigenvalue weighted by molar-refractivity contribution is 6.06. The van der Waals surface area contributed by atoms with Crippen molar-refractivity contribution in [3.8, 4) is 0 Å². The van der Waals surface area contributed by atoms with Gasteiger partial charge in [0, 0.05) is 0 Å². The van der Waals surface area contributed by atoms with Gasteiger partial charge in [0.25, 0.3) is 11.8 Å². The van der Waals surface area contributed by atoms with Gasteiger partial charge in [-0.3, -0.25) is 9.59 Å². The second-order valence-electron chi connectivity index (χ2n) is 7.30. The smallest absolute Gasteiger partial charge is 0.254 e. The van der Waals surface area contributed by atoms with Gasteiger partial charge in [-0.15, -0.1) is 0 Å². The summed E-state index contributed by atoms with van der Waals surface area (Å²) in [6.45, 7) is 2.02. The first kappa shape index (κ1) is 13.2. The quantitative estimate of drug-likeness (QED) is 0.478. The molecule has 6 rings (SSSR count). The van der Waals surface area contributed by atoms with Crippen molar-refractivity contribution >= 4 is 18.0 Å². The van der Waals surface area contributed by atoms with Crippen LogP contribution in [0.4, 0.5) is 0 Å². The van der Waals surface area contributed by atoms with Crippen LogP contribution in [-0.2, 0) is 9.59 Å². The Morgan fingerprint density at radius 3 is 2.13 bits per heavy atom. The van der Waals surface area contributed by atoms with Crippen molar-refractivity contribution < 1.29 is 9.59 Å². The summed E-state index contributed by atoms with van der Waals surface area (Å²) in [5.74, 6) is 1.22. The number of imide groups is 1. The first-order valence-electron chi connectivity index (χ1n) is 8.32. The van der Waals surface area contributed by atoms with Gasteiger partial charge in [0.1, 0.15) is 0 Å². The van der Waals surface area contributed by atoms with Crippen LogP contribution < -0.4 is 0 Å². The van der Waals surface area contributed by atoms with Crippen LogP contribution in [0.15, 0.2) is 41.5 Å². The fourth-order valence-electron chi connectivity index (χ4n) is 4.83. The second-order valence-corrected chi connectivity index (χ2v) is 7.30. The molecular weight excluding hydrogens is 288 g/mol. The van der Waals surface area contributed by atoms with E-state index in [2.05, 4.69) is 17.3 Å². The van der Waals surface area contributed by atoms with Crippen LogP contribution in [0.25, 0.3) is 0 Å². The van der Waals surface area contributed by atoms with Gasteiger partial charge in [-0.05, 0) is 42.6 Å². The number of hydrogen-bond donors (Lipinski definition) is 0. The first-order chi connectivity index (χ1) is 11.1. The number of hydrazone groups is 1. The van der Waals surface area contributed by atoms with Crippen LogP contribution in [0.1, 0.15) is 17.5 Å². The Morgan fingerprint density at radius 2 is 1.57 bits per heavy atom. The molecule has 4 aliphatic carbocycles. The normalized spacial score (nSPS) is 40.0. The Hall–Kier alpha value is -2.23. The third-order valence-corrected chi connectivity index (χ3v) is 6.04. The molecule has 4 nitrogen and oxygen atoms in total. The average Bonchev–Trinajstić information content (AvgIpc) is 3.33. The topological polar surface area (TPSA) is 49.7 Å². The molecule has 0 spiro atoms. The zero-order valence-corrected chi connectivity index (χ0v) is 12.9. The molecule has 0 radical (unpaired) electrons. The van der Waals surface area contributed by atoms with Gasteiger partial charge in [0.2, 0.25) is 0 Å². The summed E-state index contributed by atoms with van der Waals surface area (Å²) in [5.41, 5.74) is 2.07. The molecule has 2 bridgehead atoms. The minimum Gasteiger partial charge on any atom is -0.272 e. The molecule has 5 aliphatic rings. The molecular formula is C19H18N2O2. The minimum atomic E-state index is -0.170. The van der Waals surface area contributed by atoms with Crippen LogP contribution in [0.5, 0.6) is 0 Å². The lowest BCUT2D eigenvalue weighted by molar-refractivity contribution is -0.140. The van der Waals surface area contributed by atoms with Crippen molar-refractivity contribution in [2.24, 2.45) is 40.6 Å². The zero-order chi connectivity index (χ0) is 15.7. The van der Waals surface area contributed by atoms with Crippen molar-refractivity contribution in [2.75, 3.05) is 0 Å². The van der Waals surface area contributed by atoms with E-state index in [1.54, 1.807) is 6.21 Å². The fourth-order valence-corrected chi connectivity index (χ4v) is 4.83. The van der Waals surface area contributed by atoms with Gasteiger partial charge < -0.3 is 0 Å². The van der Waals surface area contributed by atoms with E-state index in [1.807, 2.05) is 31.2 Å². The number of carbonyl (C=O) groups excluding carboxylic acids is 2. The van der Waals surface area contributed by atoms with E-state index < -0.39 is 0 Å². The Morgan fingerprint density at radius 1 is 1.00 bits per heavy atom. The third-order valence-electron chi connectivity index (χ3n) is 6.04. The van der Waals surface area contributed by atoms with E-state index >= 15 is 0 Å². The highest BCUT2D eigenvalue weighted by atomic mass is 16.2. The lowest BCUT2D eigenvalue weighted by atomic mass is 9.63. The average molecular weight is 306 g/mol. The Bertz CT molecular complexity index is 728. The SMILES string of the molecule is Cc1ccc(/C=N\N2C(=O)[C@@H]3[C@@H]4C=C[C@H]([C@H]5C[C@@H]45)[C@@H]3C2=O)cc1. The molecule has 2 amide bonds. The maximum absolute atomic E-state index is 12.7. The van der Waals surface area contributed by atoms with E-state index in [1.165, 1.54) is 12.0 Å². The molecule has 4 heteroatoms. The molecule has 1 aliphatic heterocycles. The molecule has 116 valence electrons. The number of benzene rings is 1. The molecule has 2 saturated carbocycles. The number of amides is 2. The van der Waals surface area contributed by atoms with Crippen molar-refractivity contribution in [1.82, 2.24) is 5.01 Å². The zero-order valence-electron chi connectivity index (χ0n) is 12.9. The number of carbonyl (C=O) groups is 2. The summed E-state index contributed by atoms with van der Waals surface area (Å²) in [6, 6.07) is 7.87. The molecule has 6 atom stereocenters. The van der Waals surface area contributed by atoms with Crippen molar-refractivity contribution in [3.63, 3.8) is 0 Å². The highest BCUT2D eigenvalue weighted by Crippen LogP contribution is 2.65. The summed E-state index contributed by atoms with van der Waals surface area (Å²) in [5, 5.41) is 5.36. The molecule has 0 unspecified atom stereocenters. The molecule has 1 aromatic rings. The van der Waals surface area contributed by atoms with Crippen molar-refractivity contribution in [3.05, 3.63) is 47.5 Å². The molecule has 3 fully saturated rings. The van der Waals surface area contributed by atoms with E-state index in [-0.39, 0.29) is 35.5 Å². The van der Waals surface area contributed by atoms with E-state index in [4.69, 9.17) is 0 Å². The van der Waals surface area contributed by atoms with E-state index in [9.17, 15) is 9.59 Å². The van der Waals surface area contributed by atoms with Crippen molar-refractivity contribution in [1.29, 1.82) is 0 Å². The largest absolute Gasteiger partial charge is 0.272 e. The molecule has 1 saturated heterocycles. The van der Waals surface area contributed by atoms with Gasteiger partial charge in [0.05, 0.1) is 18.1 Å². The van der Waals surface area contributed by atoms with Crippen LogP contribution >= 0.6 is 0 Å². The molecule has 0 aromatic heterocycles. The lowest BCUT2D eigenvalue weighted by Gasteiger charge is -2.37. The Labute approximate surface area is 134 Å². The summed E-state index contributed by atoms with van der Waals surface area (Å²) >= 11 is 0. The Balaban J connectivity index is 1.44. The minimum absolute atomic E-state index is 0.104. The summed E-state index contributed by atoms with van der Waals surface area (Å²) in [4.78, 5) is 25.5. The predicted octanol–water partition coefficient (Wildman–Crippen LogP) is 2.38. The number of allylic oxidation sites excluding steroid dienone is 2. The summed E-state index contributed by atoms with van der Waals surface area (Å²) < 4.78 is 0. The van der Waals surface area contributed by atoms with Gasteiger partial charge in [0.15, 0.2) is 0 Å².